The summed E-state index contributed by atoms with van der Waals surface area (Å²) in [5, 5.41) is 0. The van der Waals surface area contributed by atoms with Crippen LogP contribution in [0, 0.1) is 11.8 Å². The van der Waals surface area contributed by atoms with Crippen LogP contribution >= 0.6 is 0 Å². The fraction of sp³-hybridized carbons (Fsp3) is 0.600. The molecule has 2 nitrogen and oxygen atoms in total. The Morgan fingerprint density at radius 3 is 2.35 bits per heavy atom. The van der Waals surface area contributed by atoms with Crippen LogP contribution in [-0.2, 0) is 0 Å². The molecule has 0 aliphatic heterocycles. The molecule has 0 saturated heterocycles. The predicted octanol–water partition coefficient (Wildman–Crippen LogP) is 2.77. The van der Waals surface area contributed by atoms with Gasteiger partial charge >= 0.3 is 0 Å². The van der Waals surface area contributed by atoms with Gasteiger partial charge in [0, 0.05) is 18.0 Å². The second-order valence-electron chi connectivity index (χ2n) is 4.76. The van der Waals surface area contributed by atoms with Crippen LogP contribution in [0.15, 0.2) is 36.0 Å². The highest BCUT2D eigenvalue weighted by atomic mass is 14.8. The summed E-state index contributed by atoms with van der Waals surface area (Å²) in [6.45, 7) is 10.4. The number of rotatable bonds is 4. The molecule has 0 spiro atoms. The number of hydrogen-bond acceptors (Lipinski definition) is 2. The van der Waals surface area contributed by atoms with E-state index in [1.807, 2.05) is 13.0 Å². The van der Waals surface area contributed by atoms with Crippen LogP contribution in [0.25, 0.3) is 0 Å². The van der Waals surface area contributed by atoms with Crippen LogP contribution in [0.4, 0.5) is 0 Å². The van der Waals surface area contributed by atoms with Crippen molar-refractivity contribution < 1.29 is 0 Å². The normalized spacial score (nSPS) is 34.4. The van der Waals surface area contributed by atoms with Crippen molar-refractivity contribution in [3.05, 3.63) is 36.0 Å². The average Bonchev–Trinajstić information content (AvgIpc) is 2.34. The zero-order chi connectivity index (χ0) is 13.0. The van der Waals surface area contributed by atoms with Crippen molar-refractivity contribution >= 4 is 0 Å². The molecular formula is C15H26N2. The lowest BCUT2D eigenvalue weighted by molar-refractivity contribution is 0.316. The average molecular weight is 234 g/mol. The molecule has 1 rings (SSSR count). The van der Waals surface area contributed by atoms with Gasteiger partial charge in [-0.3, -0.25) is 0 Å². The summed E-state index contributed by atoms with van der Waals surface area (Å²) in [6.07, 6.45) is 8.35. The Kier molecular flexibility index (Phi) is 5.16. The molecule has 4 N–H and O–H groups in total. The maximum Gasteiger partial charge on any atom is 0.0454 e. The molecule has 0 aromatic carbocycles. The molecule has 0 heterocycles. The van der Waals surface area contributed by atoms with E-state index < -0.39 is 0 Å². The van der Waals surface area contributed by atoms with E-state index in [0.29, 0.717) is 11.8 Å². The quantitative estimate of drug-likeness (QED) is 0.735. The van der Waals surface area contributed by atoms with E-state index in [4.69, 9.17) is 11.5 Å². The van der Waals surface area contributed by atoms with Crippen molar-refractivity contribution in [2.75, 3.05) is 0 Å². The molecule has 1 aliphatic carbocycles. The van der Waals surface area contributed by atoms with Gasteiger partial charge in [-0.1, -0.05) is 44.2 Å². The van der Waals surface area contributed by atoms with Crippen LogP contribution in [-0.4, -0.2) is 12.1 Å². The third-order valence-electron chi connectivity index (χ3n) is 3.96. The molecular weight excluding hydrogens is 208 g/mol. The molecule has 0 radical (unpaired) electrons. The number of hydrogen-bond donors (Lipinski definition) is 2. The van der Waals surface area contributed by atoms with Gasteiger partial charge in [0.05, 0.1) is 0 Å². The van der Waals surface area contributed by atoms with Gasteiger partial charge in [-0.05, 0) is 31.3 Å². The Balaban J connectivity index is 3.25. The summed E-state index contributed by atoms with van der Waals surface area (Å²) in [7, 11) is 0. The van der Waals surface area contributed by atoms with Crippen LogP contribution in [0.5, 0.6) is 0 Å². The highest BCUT2D eigenvalue weighted by Gasteiger charge is 2.37. The largest absolute Gasteiger partial charge is 0.326 e. The fourth-order valence-corrected chi connectivity index (χ4v) is 3.11. The smallest absolute Gasteiger partial charge is 0.0454 e. The third kappa shape index (κ3) is 2.53. The Hall–Kier alpha value is -0.860. The molecule has 0 bridgehead atoms. The van der Waals surface area contributed by atoms with Gasteiger partial charge in [-0.2, -0.15) is 0 Å². The maximum atomic E-state index is 6.30. The minimum Gasteiger partial charge on any atom is -0.326 e. The van der Waals surface area contributed by atoms with Crippen molar-refractivity contribution in [3.63, 3.8) is 0 Å². The first-order valence-electron chi connectivity index (χ1n) is 6.61. The van der Waals surface area contributed by atoms with Crippen LogP contribution in [0.1, 0.15) is 33.6 Å². The lowest BCUT2D eigenvalue weighted by Gasteiger charge is -2.41. The first kappa shape index (κ1) is 14.2. The summed E-state index contributed by atoms with van der Waals surface area (Å²) in [5.41, 5.74) is 15.2. The monoisotopic (exact) mass is 234 g/mol. The molecule has 17 heavy (non-hydrogen) atoms. The van der Waals surface area contributed by atoms with Crippen molar-refractivity contribution in [2.24, 2.45) is 23.3 Å². The first-order valence-corrected chi connectivity index (χ1v) is 6.61. The van der Waals surface area contributed by atoms with Crippen LogP contribution in [0.2, 0.25) is 0 Å². The molecule has 0 amide bonds. The van der Waals surface area contributed by atoms with Crippen LogP contribution in [0.3, 0.4) is 0 Å². The molecule has 1 aliphatic rings. The van der Waals surface area contributed by atoms with E-state index in [2.05, 4.69) is 32.6 Å². The summed E-state index contributed by atoms with van der Waals surface area (Å²) >= 11 is 0. The summed E-state index contributed by atoms with van der Waals surface area (Å²) < 4.78 is 0. The molecule has 0 fully saturated rings. The first-order chi connectivity index (χ1) is 8.12. The summed E-state index contributed by atoms with van der Waals surface area (Å²) in [5.74, 6) is 0.873. The SMILES string of the molecule is C=CC1=C(CC)C(CC)C(/C=C/C)C(N)C1N. The highest BCUT2D eigenvalue weighted by molar-refractivity contribution is 5.37. The Morgan fingerprint density at radius 1 is 1.29 bits per heavy atom. The standard InChI is InChI=1S/C15H26N2/c1-5-9-13-11(7-3)10(6-2)12(8-4)14(16)15(13)17/h5,8-9,11,13-15H,4,6-7,16-17H2,1-3H3/b9-5+. The van der Waals surface area contributed by atoms with Gasteiger partial charge in [0.15, 0.2) is 0 Å². The maximum absolute atomic E-state index is 6.30. The minimum atomic E-state index is -0.0774. The van der Waals surface area contributed by atoms with Crippen molar-refractivity contribution in [1.82, 2.24) is 0 Å². The molecule has 0 aromatic heterocycles. The van der Waals surface area contributed by atoms with Crippen molar-refractivity contribution in [3.8, 4) is 0 Å². The molecule has 96 valence electrons. The lowest BCUT2D eigenvalue weighted by Crippen LogP contribution is -2.52. The second kappa shape index (κ2) is 6.18. The minimum absolute atomic E-state index is 0.000509. The summed E-state index contributed by atoms with van der Waals surface area (Å²) in [4.78, 5) is 0. The predicted molar refractivity (Wildman–Crippen MR) is 75.5 cm³/mol. The van der Waals surface area contributed by atoms with E-state index in [1.54, 1.807) is 0 Å². The topological polar surface area (TPSA) is 52.0 Å². The van der Waals surface area contributed by atoms with Gasteiger partial charge in [0.2, 0.25) is 0 Å². The summed E-state index contributed by atoms with van der Waals surface area (Å²) in [6, 6.07) is -0.0779. The van der Waals surface area contributed by atoms with E-state index in [1.165, 1.54) is 11.1 Å². The highest BCUT2D eigenvalue weighted by Crippen LogP contribution is 2.38. The molecule has 0 aromatic rings. The fourth-order valence-electron chi connectivity index (χ4n) is 3.11. The second-order valence-corrected chi connectivity index (χ2v) is 4.76. The van der Waals surface area contributed by atoms with Crippen molar-refractivity contribution in [1.29, 1.82) is 0 Å². The molecule has 4 unspecified atom stereocenters. The van der Waals surface area contributed by atoms with E-state index >= 15 is 0 Å². The van der Waals surface area contributed by atoms with Gasteiger partial charge in [-0.25, -0.2) is 0 Å². The Labute approximate surface area is 105 Å². The zero-order valence-electron chi connectivity index (χ0n) is 11.3. The lowest BCUT2D eigenvalue weighted by atomic mass is 9.68. The number of allylic oxidation sites excluding steroid dienone is 2. The zero-order valence-corrected chi connectivity index (χ0v) is 11.3. The number of nitrogens with two attached hydrogens (primary N) is 2. The van der Waals surface area contributed by atoms with Gasteiger partial charge in [-0.15, -0.1) is 0 Å². The van der Waals surface area contributed by atoms with Crippen molar-refractivity contribution in [2.45, 2.75) is 45.7 Å². The molecule has 0 saturated carbocycles. The Bertz CT molecular complexity index is 328. The van der Waals surface area contributed by atoms with Gasteiger partial charge in [0.25, 0.3) is 0 Å². The van der Waals surface area contributed by atoms with Gasteiger partial charge in [0.1, 0.15) is 0 Å². The van der Waals surface area contributed by atoms with Crippen LogP contribution < -0.4 is 11.5 Å². The van der Waals surface area contributed by atoms with E-state index in [0.717, 1.165) is 12.8 Å². The van der Waals surface area contributed by atoms with Gasteiger partial charge < -0.3 is 11.5 Å². The van der Waals surface area contributed by atoms with E-state index in [-0.39, 0.29) is 12.1 Å². The molecule has 2 heteroatoms. The third-order valence-corrected chi connectivity index (χ3v) is 3.96. The van der Waals surface area contributed by atoms with E-state index in [9.17, 15) is 0 Å². The Morgan fingerprint density at radius 2 is 1.94 bits per heavy atom. The molecule has 4 atom stereocenters.